The Morgan fingerprint density at radius 1 is 1.23 bits per heavy atom. The fourth-order valence-electron chi connectivity index (χ4n) is 3.75. The number of benzene rings is 1. The Bertz CT molecular complexity index is 808. The minimum absolute atomic E-state index is 0.0845. The van der Waals surface area contributed by atoms with E-state index in [9.17, 15) is 14.7 Å². The molecule has 0 radical (unpaired) electrons. The highest BCUT2D eigenvalue weighted by Crippen LogP contribution is 2.27. The molecule has 2 aromatic rings. The van der Waals surface area contributed by atoms with Crippen LogP contribution < -0.4 is 0 Å². The van der Waals surface area contributed by atoms with Crippen LogP contribution in [0.4, 0.5) is 0 Å². The van der Waals surface area contributed by atoms with Gasteiger partial charge in [-0.3, -0.25) is 4.79 Å². The lowest BCUT2D eigenvalue weighted by Gasteiger charge is -2.34. The summed E-state index contributed by atoms with van der Waals surface area (Å²) >= 11 is 0. The average Bonchev–Trinajstić information content (AvgIpc) is 3.10. The highest BCUT2D eigenvalue weighted by Gasteiger charge is 2.30. The molecule has 1 aromatic carbocycles. The van der Waals surface area contributed by atoms with Crippen molar-refractivity contribution >= 4 is 11.9 Å². The van der Waals surface area contributed by atoms with Gasteiger partial charge in [0.25, 0.3) is 5.91 Å². The summed E-state index contributed by atoms with van der Waals surface area (Å²) in [6.07, 6.45) is 3.98. The first-order chi connectivity index (χ1) is 12.5. The lowest BCUT2D eigenvalue weighted by atomic mass is 9.87. The van der Waals surface area contributed by atoms with Crippen LogP contribution in [0.3, 0.4) is 0 Å². The van der Waals surface area contributed by atoms with Gasteiger partial charge in [0.05, 0.1) is 0 Å². The van der Waals surface area contributed by atoms with Crippen molar-refractivity contribution in [2.24, 2.45) is 0 Å². The van der Waals surface area contributed by atoms with Crippen LogP contribution in [0.25, 0.3) is 0 Å². The number of hydrogen-bond donors (Lipinski definition) is 1. The van der Waals surface area contributed by atoms with Gasteiger partial charge in [-0.05, 0) is 36.8 Å². The molecule has 1 aliphatic rings. The summed E-state index contributed by atoms with van der Waals surface area (Å²) in [5.74, 6) is -0.783. The standard InChI is InChI=1S/C21H25NO4/c1-3-11-22(16-10-9-14-7-5-6-8-15(14)12-16)20(23)19-13-17(21(24)25)18(4-2)26-19/h5-8,13,16H,3-4,9-12H2,1-2H3,(H,24,25). The monoisotopic (exact) mass is 355 g/mol. The maximum Gasteiger partial charge on any atom is 0.339 e. The molecular weight excluding hydrogens is 330 g/mol. The predicted molar refractivity (Wildman–Crippen MR) is 98.6 cm³/mol. The first-order valence-electron chi connectivity index (χ1n) is 9.28. The van der Waals surface area contributed by atoms with E-state index in [-0.39, 0.29) is 23.3 Å². The second-order valence-corrected chi connectivity index (χ2v) is 6.77. The zero-order valence-electron chi connectivity index (χ0n) is 15.3. The summed E-state index contributed by atoms with van der Waals surface area (Å²) in [7, 11) is 0. The molecule has 5 nitrogen and oxygen atoms in total. The average molecular weight is 355 g/mol. The molecule has 5 heteroatoms. The fraction of sp³-hybridized carbons (Fsp3) is 0.429. The molecule has 0 saturated carbocycles. The van der Waals surface area contributed by atoms with Gasteiger partial charge in [0.2, 0.25) is 0 Å². The quantitative estimate of drug-likeness (QED) is 0.852. The Balaban J connectivity index is 1.86. The summed E-state index contributed by atoms with van der Waals surface area (Å²) in [5, 5.41) is 9.31. The van der Waals surface area contributed by atoms with E-state index in [1.165, 1.54) is 17.2 Å². The molecule has 138 valence electrons. The SMILES string of the molecule is CCCN(C(=O)c1cc(C(=O)O)c(CC)o1)C1CCc2ccccc2C1. The van der Waals surface area contributed by atoms with Crippen LogP contribution in [0.5, 0.6) is 0 Å². The van der Waals surface area contributed by atoms with Crippen LogP contribution in [-0.2, 0) is 19.3 Å². The number of carbonyl (C=O) groups is 2. The molecule has 1 heterocycles. The number of rotatable bonds is 6. The molecule has 0 saturated heterocycles. The van der Waals surface area contributed by atoms with Crippen LogP contribution in [0.15, 0.2) is 34.7 Å². The number of fused-ring (bicyclic) bond motifs is 1. The van der Waals surface area contributed by atoms with Crippen molar-refractivity contribution in [3.8, 4) is 0 Å². The number of furan rings is 1. The van der Waals surface area contributed by atoms with Gasteiger partial charge in [0, 0.05) is 25.1 Å². The zero-order valence-corrected chi connectivity index (χ0v) is 15.3. The number of hydrogen-bond acceptors (Lipinski definition) is 3. The van der Waals surface area contributed by atoms with Crippen molar-refractivity contribution in [1.82, 2.24) is 4.90 Å². The van der Waals surface area contributed by atoms with Gasteiger partial charge in [-0.2, -0.15) is 0 Å². The first-order valence-corrected chi connectivity index (χ1v) is 9.28. The van der Waals surface area contributed by atoms with Crippen molar-refractivity contribution in [1.29, 1.82) is 0 Å². The van der Waals surface area contributed by atoms with E-state index in [1.807, 2.05) is 24.8 Å². The second-order valence-electron chi connectivity index (χ2n) is 6.77. The van der Waals surface area contributed by atoms with Crippen molar-refractivity contribution in [3.63, 3.8) is 0 Å². The Morgan fingerprint density at radius 2 is 1.96 bits per heavy atom. The third-order valence-electron chi connectivity index (χ3n) is 5.06. The van der Waals surface area contributed by atoms with Crippen LogP contribution in [0, 0.1) is 0 Å². The topological polar surface area (TPSA) is 70.8 Å². The van der Waals surface area contributed by atoms with E-state index >= 15 is 0 Å². The molecule has 3 rings (SSSR count). The molecule has 1 unspecified atom stereocenters. The van der Waals surface area contributed by atoms with Gasteiger partial charge in [-0.1, -0.05) is 38.1 Å². The summed E-state index contributed by atoms with van der Waals surface area (Å²) in [4.78, 5) is 26.3. The van der Waals surface area contributed by atoms with Crippen molar-refractivity contribution in [2.75, 3.05) is 6.54 Å². The Labute approximate surface area is 153 Å². The molecule has 1 atom stereocenters. The second kappa shape index (κ2) is 7.77. The van der Waals surface area contributed by atoms with E-state index in [4.69, 9.17) is 4.42 Å². The van der Waals surface area contributed by atoms with Gasteiger partial charge in [0.1, 0.15) is 11.3 Å². The van der Waals surface area contributed by atoms with E-state index in [0.717, 1.165) is 25.7 Å². The van der Waals surface area contributed by atoms with Gasteiger partial charge < -0.3 is 14.4 Å². The zero-order chi connectivity index (χ0) is 18.7. The molecule has 0 bridgehead atoms. The number of amides is 1. The number of aryl methyl sites for hydroxylation is 2. The van der Waals surface area contributed by atoms with Crippen LogP contribution in [0.1, 0.15) is 64.5 Å². The molecule has 1 N–H and O–H groups in total. The van der Waals surface area contributed by atoms with Gasteiger partial charge >= 0.3 is 5.97 Å². The molecule has 1 aliphatic carbocycles. The molecule has 26 heavy (non-hydrogen) atoms. The number of aromatic carboxylic acids is 1. The van der Waals surface area contributed by atoms with Crippen LogP contribution >= 0.6 is 0 Å². The molecule has 1 amide bonds. The lowest BCUT2D eigenvalue weighted by molar-refractivity contribution is 0.0625. The molecular formula is C21H25NO4. The summed E-state index contributed by atoms with van der Waals surface area (Å²) < 4.78 is 5.60. The minimum Gasteiger partial charge on any atom is -0.478 e. The van der Waals surface area contributed by atoms with E-state index < -0.39 is 5.97 Å². The molecule has 0 spiro atoms. The van der Waals surface area contributed by atoms with Crippen molar-refractivity contribution in [3.05, 3.63) is 58.5 Å². The number of carbonyl (C=O) groups excluding carboxylic acids is 1. The van der Waals surface area contributed by atoms with Crippen molar-refractivity contribution < 1.29 is 19.1 Å². The third-order valence-corrected chi connectivity index (χ3v) is 5.06. The Morgan fingerprint density at radius 3 is 2.58 bits per heavy atom. The highest BCUT2D eigenvalue weighted by molar-refractivity contribution is 5.96. The normalized spacial score (nSPS) is 16.2. The fourth-order valence-corrected chi connectivity index (χ4v) is 3.75. The highest BCUT2D eigenvalue weighted by atomic mass is 16.4. The molecule has 0 fully saturated rings. The summed E-state index contributed by atoms with van der Waals surface area (Å²) in [6, 6.07) is 9.85. The minimum atomic E-state index is -1.06. The number of nitrogens with zero attached hydrogens (tertiary/aromatic N) is 1. The van der Waals surface area contributed by atoms with Gasteiger partial charge in [-0.15, -0.1) is 0 Å². The van der Waals surface area contributed by atoms with Crippen LogP contribution in [-0.4, -0.2) is 34.5 Å². The number of carboxylic acid groups (broad SMARTS) is 1. The maximum absolute atomic E-state index is 13.1. The molecule has 1 aromatic heterocycles. The Kier molecular flexibility index (Phi) is 5.45. The Hall–Kier alpha value is -2.56. The predicted octanol–water partition coefficient (Wildman–Crippen LogP) is 3.95. The van der Waals surface area contributed by atoms with Crippen LogP contribution in [0.2, 0.25) is 0 Å². The number of carboxylic acids is 1. The van der Waals surface area contributed by atoms with Crippen molar-refractivity contribution in [2.45, 2.75) is 52.0 Å². The third kappa shape index (κ3) is 3.52. The first kappa shape index (κ1) is 18.2. The van der Waals surface area contributed by atoms with Gasteiger partial charge in [0.15, 0.2) is 5.76 Å². The largest absolute Gasteiger partial charge is 0.478 e. The molecule has 0 aliphatic heterocycles. The van der Waals surface area contributed by atoms with E-state index in [0.29, 0.717) is 18.7 Å². The summed E-state index contributed by atoms with van der Waals surface area (Å²) in [6.45, 7) is 4.50. The smallest absolute Gasteiger partial charge is 0.339 e. The summed E-state index contributed by atoms with van der Waals surface area (Å²) in [5.41, 5.74) is 2.73. The van der Waals surface area contributed by atoms with Gasteiger partial charge in [-0.25, -0.2) is 4.79 Å². The van der Waals surface area contributed by atoms with E-state index in [1.54, 1.807) is 0 Å². The maximum atomic E-state index is 13.1. The van der Waals surface area contributed by atoms with E-state index in [2.05, 4.69) is 18.2 Å². The lowest BCUT2D eigenvalue weighted by Crippen LogP contribution is -2.43.